The fraction of sp³-hybridized carbons (Fsp3) is 0.302. The molecule has 0 bridgehead atoms. The van der Waals surface area contributed by atoms with E-state index in [1.807, 2.05) is 0 Å². The van der Waals surface area contributed by atoms with Crippen LogP contribution in [0.2, 0.25) is 0 Å². The summed E-state index contributed by atoms with van der Waals surface area (Å²) in [5.74, 6) is 2.72. The van der Waals surface area contributed by atoms with E-state index >= 15 is 0 Å². The molecular weight excluding hydrogens is 530 g/mol. The maximum Gasteiger partial charge on any atom is 0.0457 e. The molecule has 4 aromatic carbocycles. The van der Waals surface area contributed by atoms with Crippen LogP contribution >= 0.6 is 0 Å². The summed E-state index contributed by atoms with van der Waals surface area (Å²) in [6.45, 7) is 4.36. The highest BCUT2D eigenvalue weighted by Crippen LogP contribution is 2.76. The normalized spacial score (nSPS) is 25.6. The van der Waals surface area contributed by atoms with Gasteiger partial charge in [0.1, 0.15) is 0 Å². The van der Waals surface area contributed by atoms with Gasteiger partial charge in [0.05, 0.1) is 0 Å². The van der Waals surface area contributed by atoms with Crippen LogP contribution in [0.4, 0.5) is 0 Å². The first-order valence-corrected chi connectivity index (χ1v) is 16.8. The average Bonchev–Trinajstić information content (AvgIpc) is 3.67. The molecule has 9 rings (SSSR count). The van der Waals surface area contributed by atoms with Gasteiger partial charge in [0.25, 0.3) is 0 Å². The number of aromatic amines is 1. The van der Waals surface area contributed by atoms with Crippen molar-refractivity contribution in [1.29, 1.82) is 0 Å². The standard InChI is InChI=1S/C22H22.C21H21N/c1-2-8-17(9-3-1)21-20-11-6-14-22(20,21)15-18-13-12-16-7-4-5-10-19(16)18;1-15-8-7-12-17(15)21(16-9-3-2-4-10-16)19-14-22-20-13-6-5-11-18(19)20/h1-5,7-10,13,20-21H,6,11-12,14-15H2;2-6,9-11,13-14,17,21-22H,1,7-8,12H2/t20-,21-,22+;17-,21-/m01/s1. The number of nitrogens with one attached hydrogen (secondary N) is 1. The van der Waals surface area contributed by atoms with Crippen LogP contribution in [0.3, 0.4) is 0 Å². The molecular formula is C43H43N. The molecule has 5 aromatic rings. The second-order valence-corrected chi connectivity index (χ2v) is 13.7. The summed E-state index contributed by atoms with van der Waals surface area (Å²) in [6.07, 6.45) is 15.1. The predicted molar refractivity (Wildman–Crippen MR) is 185 cm³/mol. The van der Waals surface area contributed by atoms with Gasteiger partial charge in [-0.05, 0) is 108 Å². The molecule has 5 atom stereocenters. The molecule has 3 saturated carbocycles. The number of hydrogen-bond donors (Lipinski definition) is 1. The van der Waals surface area contributed by atoms with Gasteiger partial charge in [-0.3, -0.25) is 0 Å². The van der Waals surface area contributed by atoms with E-state index in [1.165, 1.54) is 83.7 Å². The number of fused-ring (bicyclic) bond motifs is 3. The predicted octanol–water partition coefficient (Wildman–Crippen LogP) is 11.3. The monoisotopic (exact) mass is 573 g/mol. The summed E-state index contributed by atoms with van der Waals surface area (Å²) in [6, 6.07) is 39.8. The zero-order valence-electron chi connectivity index (χ0n) is 25.7. The second-order valence-electron chi connectivity index (χ2n) is 13.7. The van der Waals surface area contributed by atoms with Crippen LogP contribution in [-0.4, -0.2) is 4.98 Å². The first-order chi connectivity index (χ1) is 21.7. The lowest BCUT2D eigenvalue weighted by atomic mass is 9.78. The van der Waals surface area contributed by atoms with E-state index in [-0.39, 0.29) is 0 Å². The Kier molecular flexibility index (Phi) is 7.13. The Bertz CT molecular complexity index is 1810. The van der Waals surface area contributed by atoms with Crippen molar-refractivity contribution in [3.8, 4) is 0 Å². The number of hydrogen-bond acceptors (Lipinski definition) is 0. The maximum absolute atomic E-state index is 4.36. The van der Waals surface area contributed by atoms with Crippen molar-refractivity contribution in [2.75, 3.05) is 0 Å². The van der Waals surface area contributed by atoms with Crippen molar-refractivity contribution in [2.24, 2.45) is 17.3 Å². The summed E-state index contributed by atoms with van der Waals surface area (Å²) < 4.78 is 0. The molecule has 44 heavy (non-hydrogen) atoms. The number of aromatic nitrogens is 1. The SMILES string of the molecule is C1=C(C[C@]23CCC[C@H]2[C@@H]3c2ccccc2)c2ccccc2C1.C=C1CCC[C@H]1[C@@H](c1ccccc1)c1c[nH]c2ccccc12. The molecule has 4 aliphatic carbocycles. The van der Waals surface area contributed by atoms with Gasteiger partial charge in [0, 0.05) is 23.0 Å². The maximum atomic E-state index is 4.36. The van der Waals surface area contributed by atoms with Crippen molar-refractivity contribution in [3.63, 3.8) is 0 Å². The third kappa shape index (κ3) is 4.78. The summed E-state index contributed by atoms with van der Waals surface area (Å²) in [7, 11) is 0. The van der Waals surface area contributed by atoms with E-state index in [2.05, 4.69) is 133 Å². The molecule has 0 radical (unpaired) electrons. The van der Waals surface area contributed by atoms with Crippen LogP contribution in [-0.2, 0) is 6.42 Å². The lowest BCUT2D eigenvalue weighted by Gasteiger charge is -2.25. The fourth-order valence-electron chi connectivity index (χ4n) is 9.44. The highest BCUT2D eigenvalue weighted by molar-refractivity contribution is 5.84. The van der Waals surface area contributed by atoms with Crippen LogP contribution in [0.5, 0.6) is 0 Å². The minimum absolute atomic E-state index is 0.410. The van der Waals surface area contributed by atoms with Crippen LogP contribution in [0.1, 0.15) is 84.6 Å². The molecule has 0 amide bonds. The van der Waals surface area contributed by atoms with Crippen molar-refractivity contribution >= 4 is 16.5 Å². The Labute approximate surface area is 262 Å². The van der Waals surface area contributed by atoms with Gasteiger partial charge in [-0.25, -0.2) is 0 Å². The summed E-state index contributed by atoms with van der Waals surface area (Å²) in [4.78, 5) is 3.45. The highest BCUT2D eigenvalue weighted by atomic mass is 14.7. The largest absolute Gasteiger partial charge is 0.361 e. The van der Waals surface area contributed by atoms with E-state index in [0.29, 0.717) is 17.3 Å². The van der Waals surface area contributed by atoms with Gasteiger partial charge in [-0.1, -0.05) is 128 Å². The van der Waals surface area contributed by atoms with Gasteiger partial charge >= 0.3 is 0 Å². The zero-order valence-corrected chi connectivity index (χ0v) is 25.7. The quantitative estimate of drug-likeness (QED) is 0.194. The van der Waals surface area contributed by atoms with Crippen molar-refractivity contribution < 1.29 is 0 Å². The fourth-order valence-corrected chi connectivity index (χ4v) is 9.44. The summed E-state index contributed by atoms with van der Waals surface area (Å²) >= 11 is 0. The zero-order chi connectivity index (χ0) is 29.5. The van der Waals surface area contributed by atoms with Gasteiger partial charge in [-0.2, -0.15) is 0 Å². The van der Waals surface area contributed by atoms with Gasteiger partial charge in [0.15, 0.2) is 0 Å². The molecule has 220 valence electrons. The first-order valence-electron chi connectivity index (χ1n) is 16.8. The minimum Gasteiger partial charge on any atom is -0.361 e. The molecule has 0 aliphatic heterocycles. The van der Waals surface area contributed by atoms with Gasteiger partial charge in [-0.15, -0.1) is 0 Å². The molecule has 0 spiro atoms. The van der Waals surface area contributed by atoms with Crippen LogP contribution in [0.15, 0.2) is 134 Å². The van der Waals surface area contributed by atoms with Crippen molar-refractivity contribution in [3.05, 3.63) is 161 Å². The Morgan fingerprint density at radius 1 is 0.795 bits per heavy atom. The Hall–Kier alpha value is -4.10. The molecule has 1 N–H and O–H groups in total. The Balaban J connectivity index is 0.000000131. The van der Waals surface area contributed by atoms with Crippen LogP contribution in [0.25, 0.3) is 16.5 Å². The number of allylic oxidation sites excluding steroid dienone is 3. The first kappa shape index (κ1) is 27.4. The number of benzene rings is 4. The molecule has 1 aromatic heterocycles. The summed E-state index contributed by atoms with van der Waals surface area (Å²) in [5, 5.41) is 1.34. The van der Waals surface area contributed by atoms with E-state index in [0.717, 1.165) is 18.3 Å². The Morgan fingerprint density at radius 2 is 1.55 bits per heavy atom. The summed E-state index contributed by atoms with van der Waals surface area (Å²) in [5.41, 5.74) is 12.3. The van der Waals surface area contributed by atoms with E-state index in [1.54, 1.807) is 11.1 Å². The average molecular weight is 574 g/mol. The third-order valence-corrected chi connectivity index (χ3v) is 11.5. The van der Waals surface area contributed by atoms with E-state index < -0.39 is 0 Å². The van der Waals surface area contributed by atoms with E-state index in [9.17, 15) is 0 Å². The van der Waals surface area contributed by atoms with Crippen LogP contribution < -0.4 is 0 Å². The minimum atomic E-state index is 0.410. The molecule has 0 unspecified atom stereocenters. The lowest BCUT2D eigenvalue weighted by Crippen LogP contribution is -2.12. The second kappa shape index (κ2) is 11.4. The number of rotatable bonds is 6. The molecule has 4 aliphatic rings. The number of H-pyrrole nitrogens is 1. The van der Waals surface area contributed by atoms with Gasteiger partial charge < -0.3 is 4.98 Å². The Morgan fingerprint density at radius 3 is 2.36 bits per heavy atom. The third-order valence-electron chi connectivity index (χ3n) is 11.5. The topological polar surface area (TPSA) is 15.8 Å². The molecule has 1 heteroatoms. The molecule has 3 fully saturated rings. The molecule has 1 heterocycles. The lowest BCUT2D eigenvalue weighted by molar-refractivity contribution is 0.483. The molecule has 0 saturated heterocycles. The number of para-hydroxylation sites is 1. The van der Waals surface area contributed by atoms with E-state index in [4.69, 9.17) is 0 Å². The molecule has 1 nitrogen and oxygen atoms in total. The van der Waals surface area contributed by atoms with Gasteiger partial charge in [0.2, 0.25) is 0 Å². The highest BCUT2D eigenvalue weighted by Gasteiger charge is 2.66. The van der Waals surface area contributed by atoms with Crippen molar-refractivity contribution in [2.45, 2.75) is 63.2 Å². The smallest absolute Gasteiger partial charge is 0.0457 e. The van der Waals surface area contributed by atoms with Crippen molar-refractivity contribution in [1.82, 2.24) is 4.98 Å². The van der Waals surface area contributed by atoms with Crippen LogP contribution in [0, 0.1) is 17.3 Å².